The number of nitrogens with one attached hydrogen (secondary N) is 3. The summed E-state index contributed by atoms with van der Waals surface area (Å²) in [6, 6.07) is 14.5. The zero-order valence-corrected chi connectivity index (χ0v) is 16.8. The van der Waals surface area contributed by atoms with E-state index >= 15 is 0 Å². The van der Waals surface area contributed by atoms with Crippen molar-refractivity contribution in [2.45, 2.75) is 25.8 Å². The van der Waals surface area contributed by atoms with Crippen molar-refractivity contribution < 1.29 is 19.2 Å². The van der Waals surface area contributed by atoms with Crippen LogP contribution in [0.25, 0.3) is 0 Å². The smallest absolute Gasteiger partial charge is 0.269 e. The summed E-state index contributed by atoms with van der Waals surface area (Å²) in [6.07, 6.45) is -0.231. The Bertz CT molecular complexity index is 854. The maximum Gasteiger partial charge on any atom is 0.269 e. The van der Waals surface area contributed by atoms with Crippen molar-refractivity contribution >= 4 is 39.4 Å². The van der Waals surface area contributed by atoms with Crippen molar-refractivity contribution in [1.29, 1.82) is 0 Å². The van der Waals surface area contributed by atoms with Crippen molar-refractivity contribution in [3.05, 3.63) is 70.2 Å². The highest BCUT2D eigenvalue weighted by Gasteiger charge is 2.18. The number of carbonyl (C=O) groups is 4. The van der Waals surface area contributed by atoms with Gasteiger partial charge >= 0.3 is 0 Å². The maximum absolute atomic E-state index is 12.3. The molecule has 2 aromatic carbocycles. The number of carbonyl (C=O) groups excluding carboxylic acids is 4. The second kappa shape index (κ2) is 10.4. The van der Waals surface area contributed by atoms with E-state index in [4.69, 9.17) is 0 Å². The number of rotatable bonds is 7. The lowest BCUT2D eigenvalue weighted by Crippen LogP contribution is -2.42. The van der Waals surface area contributed by atoms with E-state index in [1.54, 1.807) is 61.5 Å². The fourth-order valence-corrected chi connectivity index (χ4v) is 2.59. The average Bonchev–Trinajstić information content (AvgIpc) is 2.71. The standard InChI is InChI=1S/C20H20BrN3O4/c1-13(19(27)14-7-9-16(21)10-8-14)22-17(25)11-12-18(26)23-24-20(28)15-5-3-2-4-6-15/h2-10,13H,11-12H2,1H3,(H,22,25)(H,23,26)(H,24,28)/t13-/m0/s1. The molecule has 0 heterocycles. The first-order chi connectivity index (χ1) is 13.4. The van der Waals surface area contributed by atoms with Crippen LogP contribution in [0.5, 0.6) is 0 Å². The minimum Gasteiger partial charge on any atom is -0.346 e. The molecule has 1 atom stereocenters. The van der Waals surface area contributed by atoms with Gasteiger partial charge in [0.25, 0.3) is 5.91 Å². The lowest BCUT2D eigenvalue weighted by atomic mass is 10.1. The van der Waals surface area contributed by atoms with Crippen molar-refractivity contribution in [2.75, 3.05) is 0 Å². The number of hydrogen-bond donors (Lipinski definition) is 3. The van der Waals surface area contributed by atoms with Gasteiger partial charge in [0, 0.05) is 28.4 Å². The zero-order chi connectivity index (χ0) is 20.5. The zero-order valence-electron chi connectivity index (χ0n) is 15.2. The van der Waals surface area contributed by atoms with Gasteiger partial charge in [0.15, 0.2) is 5.78 Å². The Morgan fingerprint density at radius 2 is 1.43 bits per heavy atom. The van der Waals surface area contributed by atoms with Crippen LogP contribution >= 0.6 is 15.9 Å². The molecule has 0 aliphatic rings. The Kier molecular flexibility index (Phi) is 7.88. The van der Waals surface area contributed by atoms with Crippen molar-refractivity contribution in [3.8, 4) is 0 Å². The van der Waals surface area contributed by atoms with E-state index < -0.39 is 23.8 Å². The van der Waals surface area contributed by atoms with Gasteiger partial charge in [-0.15, -0.1) is 0 Å². The Labute approximate surface area is 171 Å². The molecular weight excluding hydrogens is 426 g/mol. The largest absolute Gasteiger partial charge is 0.346 e. The lowest BCUT2D eigenvalue weighted by molar-refractivity contribution is -0.127. The van der Waals surface area contributed by atoms with Gasteiger partial charge in [-0.1, -0.05) is 46.3 Å². The summed E-state index contributed by atoms with van der Waals surface area (Å²) in [6.45, 7) is 1.59. The van der Waals surface area contributed by atoms with Gasteiger partial charge in [-0.25, -0.2) is 0 Å². The molecular formula is C20H20BrN3O4. The second-order valence-corrected chi connectivity index (χ2v) is 6.94. The van der Waals surface area contributed by atoms with Crippen LogP contribution in [0.1, 0.15) is 40.5 Å². The molecule has 7 nitrogen and oxygen atoms in total. The van der Waals surface area contributed by atoms with Gasteiger partial charge in [-0.05, 0) is 31.2 Å². The summed E-state index contributed by atoms with van der Waals surface area (Å²) < 4.78 is 0.853. The predicted octanol–water partition coefficient (Wildman–Crippen LogP) is 2.38. The summed E-state index contributed by atoms with van der Waals surface area (Å²) in [4.78, 5) is 47.9. The van der Waals surface area contributed by atoms with Crippen LogP contribution < -0.4 is 16.2 Å². The van der Waals surface area contributed by atoms with Gasteiger partial charge in [0.05, 0.1) is 6.04 Å². The first-order valence-electron chi connectivity index (χ1n) is 8.60. The second-order valence-electron chi connectivity index (χ2n) is 6.03. The predicted molar refractivity (Wildman–Crippen MR) is 107 cm³/mol. The van der Waals surface area contributed by atoms with E-state index in [-0.39, 0.29) is 18.6 Å². The number of hydrazine groups is 1. The summed E-state index contributed by atoms with van der Waals surface area (Å²) in [5.74, 6) is -1.61. The van der Waals surface area contributed by atoms with Crippen LogP contribution in [0.15, 0.2) is 59.1 Å². The third-order valence-corrected chi connectivity index (χ3v) is 4.36. The van der Waals surface area contributed by atoms with Gasteiger partial charge in [0.1, 0.15) is 0 Å². The fourth-order valence-electron chi connectivity index (χ4n) is 2.32. The van der Waals surface area contributed by atoms with E-state index in [1.165, 1.54) is 0 Å². The highest BCUT2D eigenvalue weighted by molar-refractivity contribution is 9.10. The van der Waals surface area contributed by atoms with Gasteiger partial charge in [-0.2, -0.15) is 0 Å². The SMILES string of the molecule is C[C@H](NC(=O)CCC(=O)NNC(=O)c1ccccc1)C(=O)c1ccc(Br)cc1. The molecule has 2 rings (SSSR count). The van der Waals surface area contributed by atoms with E-state index in [0.717, 1.165) is 4.47 Å². The van der Waals surface area contributed by atoms with Crippen molar-refractivity contribution in [2.24, 2.45) is 0 Å². The number of benzene rings is 2. The third-order valence-electron chi connectivity index (χ3n) is 3.83. The molecule has 2 aromatic rings. The molecule has 8 heteroatoms. The van der Waals surface area contributed by atoms with Crippen LogP contribution in [-0.4, -0.2) is 29.5 Å². The summed E-state index contributed by atoms with van der Waals surface area (Å²) >= 11 is 3.30. The van der Waals surface area contributed by atoms with Gasteiger partial charge in [0.2, 0.25) is 11.8 Å². The molecule has 0 aliphatic carbocycles. The van der Waals surface area contributed by atoms with Crippen molar-refractivity contribution in [3.63, 3.8) is 0 Å². The Morgan fingerprint density at radius 3 is 2.07 bits per heavy atom. The number of hydrogen-bond acceptors (Lipinski definition) is 4. The molecule has 0 unspecified atom stereocenters. The Balaban J connectivity index is 1.72. The van der Waals surface area contributed by atoms with Crippen LogP contribution in [0.2, 0.25) is 0 Å². The van der Waals surface area contributed by atoms with Gasteiger partial charge < -0.3 is 5.32 Å². The molecule has 0 bridgehead atoms. The van der Waals surface area contributed by atoms with Crippen LogP contribution in [0, 0.1) is 0 Å². The Morgan fingerprint density at radius 1 is 0.821 bits per heavy atom. The quantitative estimate of drug-likeness (QED) is 0.449. The highest BCUT2D eigenvalue weighted by Crippen LogP contribution is 2.12. The minimum atomic E-state index is -0.713. The molecule has 3 amide bonds. The monoisotopic (exact) mass is 445 g/mol. The van der Waals surface area contributed by atoms with Crippen LogP contribution in [0.4, 0.5) is 0 Å². The van der Waals surface area contributed by atoms with Crippen LogP contribution in [0.3, 0.4) is 0 Å². The lowest BCUT2D eigenvalue weighted by Gasteiger charge is -2.13. The fraction of sp³-hybridized carbons (Fsp3) is 0.200. The molecule has 0 saturated heterocycles. The Hall–Kier alpha value is -3.00. The molecule has 0 saturated carbocycles. The number of ketones is 1. The molecule has 0 spiro atoms. The van der Waals surface area contributed by atoms with E-state index in [2.05, 4.69) is 32.1 Å². The summed E-state index contributed by atoms with van der Waals surface area (Å²) in [5.41, 5.74) is 5.42. The highest BCUT2D eigenvalue weighted by atomic mass is 79.9. The topological polar surface area (TPSA) is 104 Å². The molecule has 0 radical (unpaired) electrons. The molecule has 28 heavy (non-hydrogen) atoms. The number of amides is 3. The molecule has 0 aliphatic heterocycles. The van der Waals surface area contributed by atoms with E-state index in [1.807, 2.05) is 0 Å². The average molecular weight is 446 g/mol. The molecule has 0 fully saturated rings. The van der Waals surface area contributed by atoms with E-state index in [9.17, 15) is 19.2 Å². The third kappa shape index (κ3) is 6.62. The van der Waals surface area contributed by atoms with Crippen molar-refractivity contribution in [1.82, 2.24) is 16.2 Å². The molecule has 3 N–H and O–H groups in total. The van der Waals surface area contributed by atoms with E-state index in [0.29, 0.717) is 11.1 Å². The van der Waals surface area contributed by atoms with Crippen LogP contribution in [-0.2, 0) is 9.59 Å². The first-order valence-corrected chi connectivity index (χ1v) is 9.39. The molecule has 146 valence electrons. The first kappa shape index (κ1) is 21.3. The minimum absolute atomic E-state index is 0.106. The normalized spacial score (nSPS) is 11.2. The maximum atomic E-state index is 12.3. The van der Waals surface area contributed by atoms with Gasteiger partial charge in [-0.3, -0.25) is 30.0 Å². The molecule has 0 aromatic heterocycles. The number of halogens is 1. The summed E-state index contributed by atoms with van der Waals surface area (Å²) in [5, 5.41) is 2.57. The summed E-state index contributed by atoms with van der Waals surface area (Å²) in [7, 11) is 0. The number of Topliss-reactive ketones (excluding diaryl/α,β-unsaturated/α-hetero) is 1.